The van der Waals surface area contributed by atoms with Crippen molar-refractivity contribution in [3.63, 3.8) is 0 Å². The highest BCUT2D eigenvalue weighted by Crippen LogP contribution is 2.24. The fraction of sp³-hybridized carbons (Fsp3) is 0.100. The molecule has 0 saturated carbocycles. The number of hydrogen-bond acceptors (Lipinski definition) is 2. The lowest BCUT2D eigenvalue weighted by molar-refractivity contribution is 0.776. The molecule has 0 saturated heterocycles. The van der Waals surface area contributed by atoms with Gasteiger partial charge in [0.1, 0.15) is 5.82 Å². The summed E-state index contributed by atoms with van der Waals surface area (Å²) < 4.78 is 2.75. The van der Waals surface area contributed by atoms with Crippen LogP contribution in [0.2, 0.25) is 0 Å². The number of hydrogen-bond donors (Lipinski definition) is 1. The van der Waals surface area contributed by atoms with Gasteiger partial charge >= 0.3 is 0 Å². The Balaban J connectivity index is 2.27. The van der Waals surface area contributed by atoms with Crippen LogP contribution < -0.4 is 5.32 Å². The van der Waals surface area contributed by atoms with E-state index in [1.165, 1.54) is 0 Å². The first-order valence-corrected chi connectivity index (χ1v) is 5.06. The van der Waals surface area contributed by atoms with Crippen LogP contribution in [0.1, 0.15) is 0 Å². The summed E-state index contributed by atoms with van der Waals surface area (Å²) in [5.41, 5.74) is 1.05. The number of halogens is 1. The Kier molecular flexibility index (Phi) is 2.54. The quantitative estimate of drug-likeness (QED) is 0.890. The number of nitrogens with zero attached hydrogens (tertiary/aromatic N) is 2. The number of anilines is 2. The van der Waals surface area contributed by atoms with Gasteiger partial charge in [-0.15, -0.1) is 0 Å². The Morgan fingerprint density at radius 3 is 2.57 bits per heavy atom. The summed E-state index contributed by atoms with van der Waals surface area (Å²) in [6.45, 7) is 0. The zero-order chi connectivity index (χ0) is 9.97. The van der Waals surface area contributed by atoms with Gasteiger partial charge in [0.2, 0.25) is 0 Å². The Labute approximate surface area is 90.9 Å². The normalized spacial score (nSPS) is 10.1. The lowest BCUT2D eigenvalue weighted by Crippen LogP contribution is -1.99. The van der Waals surface area contributed by atoms with Crippen LogP contribution in [-0.2, 0) is 7.05 Å². The molecule has 0 aliphatic rings. The van der Waals surface area contributed by atoms with Crippen molar-refractivity contribution in [2.75, 3.05) is 5.32 Å². The fourth-order valence-electron chi connectivity index (χ4n) is 1.21. The molecular weight excluding hydrogens is 242 g/mol. The van der Waals surface area contributed by atoms with Crippen LogP contribution in [0, 0.1) is 0 Å². The summed E-state index contributed by atoms with van der Waals surface area (Å²) in [6, 6.07) is 10.0. The Hall–Kier alpha value is -1.29. The molecule has 0 aliphatic carbocycles. The maximum atomic E-state index is 4.12. The predicted octanol–water partition coefficient (Wildman–Crippen LogP) is 2.93. The summed E-state index contributed by atoms with van der Waals surface area (Å²) in [6.07, 6.45) is 1.77. The Bertz CT molecular complexity index is 403. The van der Waals surface area contributed by atoms with E-state index in [1.807, 2.05) is 37.4 Å². The molecule has 0 bridgehead atoms. The minimum atomic E-state index is 0.955. The molecule has 1 aromatic heterocycles. The van der Waals surface area contributed by atoms with E-state index in [0.717, 1.165) is 16.0 Å². The molecule has 2 rings (SSSR count). The van der Waals surface area contributed by atoms with Gasteiger partial charge in [-0.1, -0.05) is 18.2 Å². The van der Waals surface area contributed by atoms with E-state index < -0.39 is 0 Å². The minimum absolute atomic E-state index is 0.955. The van der Waals surface area contributed by atoms with E-state index in [1.54, 1.807) is 10.9 Å². The van der Waals surface area contributed by atoms with E-state index in [-0.39, 0.29) is 0 Å². The number of benzene rings is 1. The van der Waals surface area contributed by atoms with Crippen molar-refractivity contribution in [1.29, 1.82) is 0 Å². The molecule has 0 aliphatic heterocycles. The molecule has 72 valence electrons. The van der Waals surface area contributed by atoms with Gasteiger partial charge in [-0.25, -0.2) is 0 Å². The van der Waals surface area contributed by atoms with E-state index in [2.05, 4.69) is 26.3 Å². The number of nitrogens with one attached hydrogen (secondary N) is 1. The standard InChI is InChI=1S/C10H10BrN3/c1-14-10(9(11)7-12-14)13-8-5-3-2-4-6-8/h2-7,13H,1H3. The summed E-state index contributed by atoms with van der Waals surface area (Å²) in [7, 11) is 1.90. The highest BCUT2D eigenvalue weighted by molar-refractivity contribution is 9.10. The van der Waals surface area contributed by atoms with Crippen molar-refractivity contribution in [3.05, 3.63) is 41.0 Å². The first-order valence-electron chi connectivity index (χ1n) is 4.27. The molecule has 0 spiro atoms. The highest BCUT2D eigenvalue weighted by atomic mass is 79.9. The lowest BCUT2D eigenvalue weighted by atomic mass is 10.3. The Morgan fingerprint density at radius 2 is 2.00 bits per heavy atom. The van der Waals surface area contributed by atoms with Crippen LogP contribution in [-0.4, -0.2) is 9.78 Å². The van der Waals surface area contributed by atoms with Crippen LogP contribution >= 0.6 is 15.9 Å². The van der Waals surface area contributed by atoms with Crippen molar-refractivity contribution in [1.82, 2.24) is 9.78 Å². The molecular formula is C10H10BrN3. The van der Waals surface area contributed by atoms with Crippen molar-refractivity contribution >= 4 is 27.4 Å². The van der Waals surface area contributed by atoms with E-state index >= 15 is 0 Å². The van der Waals surface area contributed by atoms with E-state index in [9.17, 15) is 0 Å². The van der Waals surface area contributed by atoms with Gasteiger partial charge in [0, 0.05) is 12.7 Å². The van der Waals surface area contributed by atoms with Crippen LogP contribution in [0.25, 0.3) is 0 Å². The van der Waals surface area contributed by atoms with Crippen LogP contribution in [0.3, 0.4) is 0 Å². The average Bonchev–Trinajstić information content (AvgIpc) is 2.51. The minimum Gasteiger partial charge on any atom is -0.340 e. The smallest absolute Gasteiger partial charge is 0.142 e. The topological polar surface area (TPSA) is 29.9 Å². The molecule has 4 heteroatoms. The molecule has 0 radical (unpaired) electrons. The van der Waals surface area contributed by atoms with Crippen LogP contribution in [0.15, 0.2) is 41.0 Å². The summed E-state index contributed by atoms with van der Waals surface area (Å²) in [5, 5.41) is 7.39. The molecule has 1 N–H and O–H groups in total. The molecule has 2 aromatic rings. The van der Waals surface area contributed by atoms with Crippen molar-refractivity contribution in [2.24, 2.45) is 7.05 Å². The largest absolute Gasteiger partial charge is 0.340 e. The monoisotopic (exact) mass is 251 g/mol. The average molecular weight is 252 g/mol. The summed E-state index contributed by atoms with van der Waals surface area (Å²) >= 11 is 3.43. The summed E-state index contributed by atoms with van der Waals surface area (Å²) in [4.78, 5) is 0. The second-order valence-corrected chi connectivity index (χ2v) is 3.81. The number of aromatic nitrogens is 2. The van der Waals surface area contributed by atoms with Gasteiger partial charge in [-0.05, 0) is 28.1 Å². The maximum absolute atomic E-state index is 4.12. The molecule has 0 unspecified atom stereocenters. The van der Waals surface area contributed by atoms with Crippen LogP contribution in [0.4, 0.5) is 11.5 Å². The number of aryl methyl sites for hydroxylation is 1. The Morgan fingerprint density at radius 1 is 1.29 bits per heavy atom. The zero-order valence-corrected chi connectivity index (χ0v) is 9.32. The van der Waals surface area contributed by atoms with Crippen molar-refractivity contribution in [2.45, 2.75) is 0 Å². The van der Waals surface area contributed by atoms with Crippen molar-refractivity contribution in [3.8, 4) is 0 Å². The SMILES string of the molecule is Cn1ncc(Br)c1Nc1ccccc1. The third-order valence-electron chi connectivity index (χ3n) is 1.93. The first-order chi connectivity index (χ1) is 6.77. The summed E-state index contributed by atoms with van der Waals surface area (Å²) in [5.74, 6) is 0.955. The number of rotatable bonds is 2. The second-order valence-electron chi connectivity index (χ2n) is 2.96. The zero-order valence-electron chi connectivity index (χ0n) is 7.74. The molecule has 1 aromatic carbocycles. The van der Waals surface area contributed by atoms with Gasteiger partial charge in [0.05, 0.1) is 10.7 Å². The third-order valence-corrected chi connectivity index (χ3v) is 2.51. The van der Waals surface area contributed by atoms with Crippen molar-refractivity contribution < 1.29 is 0 Å². The van der Waals surface area contributed by atoms with Gasteiger partial charge < -0.3 is 5.32 Å². The lowest BCUT2D eigenvalue weighted by Gasteiger charge is -2.06. The van der Waals surface area contributed by atoms with Gasteiger partial charge in [0.15, 0.2) is 0 Å². The van der Waals surface area contributed by atoms with Crippen LogP contribution in [0.5, 0.6) is 0 Å². The molecule has 0 atom stereocenters. The van der Waals surface area contributed by atoms with Gasteiger partial charge in [-0.3, -0.25) is 4.68 Å². The molecule has 1 heterocycles. The third kappa shape index (κ3) is 1.80. The van der Waals surface area contributed by atoms with Gasteiger partial charge in [-0.2, -0.15) is 5.10 Å². The fourth-order valence-corrected chi connectivity index (χ4v) is 1.66. The maximum Gasteiger partial charge on any atom is 0.142 e. The second kappa shape index (κ2) is 3.84. The van der Waals surface area contributed by atoms with Gasteiger partial charge in [0.25, 0.3) is 0 Å². The number of para-hydroxylation sites is 1. The van der Waals surface area contributed by atoms with E-state index in [4.69, 9.17) is 0 Å². The predicted molar refractivity (Wildman–Crippen MR) is 60.6 cm³/mol. The molecule has 0 fully saturated rings. The van der Waals surface area contributed by atoms with E-state index in [0.29, 0.717) is 0 Å². The molecule has 14 heavy (non-hydrogen) atoms. The first kappa shape index (κ1) is 9.27. The molecule has 0 amide bonds. The molecule has 3 nitrogen and oxygen atoms in total. The highest BCUT2D eigenvalue weighted by Gasteiger charge is 2.04.